The molecule has 0 aliphatic carbocycles. The lowest BCUT2D eigenvalue weighted by Crippen LogP contribution is -2.32. The number of rotatable bonds is 5. The highest BCUT2D eigenvalue weighted by Gasteiger charge is 2.45. The molecule has 1 fully saturated rings. The van der Waals surface area contributed by atoms with Crippen molar-refractivity contribution < 1.29 is 14.6 Å². The van der Waals surface area contributed by atoms with Crippen LogP contribution in [0, 0.1) is 11.7 Å². The Labute approximate surface area is 143 Å². The van der Waals surface area contributed by atoms with E-state index in [0.29, 0.717) is 4.77 Å². The van der Waals surface area contributed by atoms with Gasteiger partial charge in [-0.1, -0.05) is 0 Å². The number of hydrogen-bond acceptors (Lipinski definition) is 5. The van der Waals surface area contributed by atoms with Crippen LogP contribution in [0.2, 0.25) is 0 Å². The molecule has 7 heteroatoms. The molecular formula is C16H27N2O3PS. The van der Waals surface area contributed by atoms with E-state index in [2.05, 4.69) is 24.6 Å². The van der Waals surface area contributed by atoms with Gasteiger partial charge in [0.15, 0.2) is 4.77 Å². The molecule has 1 aromatic heterocycles. The molecule has 0 unspecified atom stereocenters. The maximum atomic E-state index is 10.6. The van der Waals surface area contributed by atoms with Crippen LogP contribution in [-0.2, 0) is 16.5 Å². The van der Waals surface area contributed by atoms with E-state index in [4.69, 9.17) is 21.7 Å². The Morgan fingerprint density at radius 2 is 2.17 bits per heavy atom. The zero-order chi connectivity index (χ0) is 17.4. The lowest BCUT2D eigenvalue weighted by molar-refractivity contribution is -0.0127. The van der Waals surface area contributed by atoms with Gasteiger partial charge in [0, 0.05) is 31.6 Å². The molecule has 0 spiro atoms. The summed E-state index contributed by atoms with van der Waals surface area (Å²) in [7, 11) is 3.47. The van der Waals surface area contributed by atoms with E-state index in [1.54, 1.807) is 11.7 Å². The fourth-order valence-electron chi connectivity index (χ4n) is 2.89. The molecule has 1 N–H and O–H groups in total. The average molecular weight is 358 g/mol. The topological polar surface area (TPSA) is 56.5 Å². The Hall–Kier alpha value is -0.520. The van der Waals surface area contributed by atoms with E-state index < -0.39 is 19.1 Å². The third-order valence-corrected chi connectivity index (χ3v) is 6.10. The van der Waals surface area contributed by atoms with Gasteiger partial charge in [0.1, 0.15) is 18.3 Å². The highest BCUT2D eigenvalue weighted by Crippen LogP contribution is 2.41. The number of ether oxygens (including phenoxy) is 2. The van der Waals surface area contributed by atoms with Crippen molar-refractivity contribution in [2.75, 3.05) is 26.6 Å². The van der Waals surface area contributed by atoms with Crippen LogP contribution in [0.5, 0.6) is 0 Å². The molecule has 1 aromatic rings. The summed E-state index contributed by atoms with van der Waals surface area (Å²) >= 11 is 5.19. The quantitative estimate of drug-likeness (QED) is 0.647. The number of aliphatic hydroxyl groups is 1. The standard InChI is InChI=1S/C16H27N2O3PS/c1-10-11(9-18(2)16(23)17-10)14-15(20-3)13(19)12(21-14)7-8-22(4,5)6/h9,12-15,19H,4,7-8H2,1-3,5-6H3/t12-,13-,14+,15-/m1/s1. The molecule has 0 aromatic carbocycles. The van der Waals surface area contributed by atoms with Gasteiger partial charge in [-0.3, -0.25) is 0 Å². The molecule has 130 valence electrons. The fraction of sp³-hybridized carbons (Fsp3) is 0.688. The highest BCUT2D eigenvalue weighted by molar-refractivity contribution is 7.72. The average Bonchev–Trinajstić information content (AvgIpc) is 2.76. The molecule has 1 aliphatic heterocycles. The SMILES string of the molecule is C=P(C)(C)CC[C@H]1O[C@@H](c2cn(C)c(=S)nc2C)[C@H](OC)[C@@H]1O. The Morgan fingerprint density at radius 1 is 1.52 bits per heavy atom. The lowest BCUT2D eigenvalue weighted by Gasteiger charge is -2.20. The van der Waals surface area contributed by atoms with Gasteiger partial charge in [-0.05, 0) is 45.1 Å². The Kier molecular flexibility index (Phi) is 5.85. The first kappa shape index (κ1) is 18.8. The number of aromatic nitrogens is 2. The minimum Gasteiger partial charge on any atom is -0.388 e. The first-order valence-electron chi connectivity index (χ1n) is 7.72. The minimum atomic E-state index is -1.15. The summed E-state index contributed by atoms with van der Waals surface area (Å²) in [6, 6.07) is 0. The minimum absolute atomic E-state index is 0.237. The number of aryl methyl sites for hydroxylation is 2. The molecule has 1 aliphatic rings. The second-order valence-corrected chi connectivity index (χ2v) is 11.6. The first-order chi connectivity index (χ1) is 10.6. The van der Waals surface area contributed by atoms with Crippen LogP contribution in [0.3, 0.4) is 0 Å². The van der Waals surface area contributed by atoms with Crippen LogP contribution in [0.1, 0.15) is 23.8 Å². The summed E-state index contributed by atoms with van der Waals surface area (Å²) in [6.45, 7) is 5.14. The zero-order valence-corrected chi connectivity index (χ0v) is 16.2. The molecule has 23 heavy (non-hydrogen) atoms. The van der Waals surface area contributed by atoms with Crippen molar-refractivity contribution in [2.24, 2.45) is 7.05 Å². The number of aliphatic hydroxyl groups excluding tert-OH is 1. The van der Waals surface area contributed by atoms with Crippen molar-refractivity contribution in [1.82, 2.24) is 9.55 Å². The molecule has 0 radical (unpaired) electrons. The molecule has 4 atom stereocenters. The van der Waals surface area contributed by atoms with Crippen molar-refractivity contribution in [3.63, 3.8) is 0 Å². The predicted molar refractivity (Wildman–Crippen MR) is 98.6 cm³/mol. The Morgan fingerprint density at radius 3 is 2.74 bits per heavy atom. The van der Waals surface area contributed by atoms with Gasteiger partial charge < -0.3 is 19.1 Å². The van der Waals surface area contributed by atoms with Crippen LogP contribution in [0.25, 0.3) is 0 Å². The van der Waals surface area contributed by atoms with E-state index in [0.717, 1.165) is 23.8 Å². The van der Waals surface area contributed by atoms with E-state index in [-0.39, 0.29) is 12.2 Å². The summed E-state index contributed by atoms with van der Waals surface area (Å²) in [5.74, 6) is 0. The maximum Gasteiger partial charge on any atom is 0.199 e. The summed E-state index contributed by atoms with van der Waals surface area (Å²) in [5.41, 5.74) is 1.73. The Balaban J connectivity index is 2.27. The highest BCUT2D eigenvalue weighted by atomic mass is 32.1. The van der Waals surface area contributed by atoms with Crippen molar-refractivity contribution in [3.8, 4) is 0 Å². The summed E-state index contributed by atoms with van der Waals surface area (Å²) < 4.78 is 14.0. The van der Waals surface area contributed by atoms with Gasteiger partial charge in [0.05, 0.1) is 6.10 Å². The van der Waals surface area contributed by atoms with E-state index in [1.807, 2.05) is 20.2 Å². The van der Waals surface area contributed by atoms with Gasteiger partial charge in [0.25, 0.3) is 0 Å². The van der Waals surface area contributed by atoms with Gasteiger partial charge in [-0.15, -0.1) is 13.2 Å². The van der Waals surface area contributed by atoms with Gasteiger partial charge in [-0.25, -0.2) is 4.98 Å². The van der Waals surface area contributed by atoms with Gasteiger partial charge in [-0.2, -0.15) is 0 Å². The Bertz CT molecular complexity index is 670. The van der Waals surface area contributed by atoms with Crippen molar-refractivity contribution in [3.05, 3.63) is 22.2 Å². The zero-order valence-electron chi connectivity index (χ0n) is 14.5. The van der Waals surface area contributed by atoms with Crippen LogP contribution in [0.15, 0.2) is 6.20 Å². The largest absolute Gasteiger partial charge is 0.388 e. The molecule has 0 saturated carbocycles. The van der Waals surface area contributed by atoms with Gasteiger partial charge >= 0.3 is 0 Å². The van der Waals surface area contributed by atoms with Crippen LogP contribution < -0.4 is 0 Å². The second-order valence-electron chi connectivity index (χ2n) is 6.91. The molecule has 5 nitrogen and oxygen atoms in total. The summed E-state index contributed by atoms with van der Waals surface area (Å²) in [4.78, 5) is 4.38. The number of methoxy groups -OCH3 is 1. The van der Waals surface area contributed by atoms with Crippen molar-refractivity contribution >= 4 is 25.4 Å². The smallest absolute Gasteiger partial charge is 0.199 e. The predicted octanol–water partition coefficient (Wildman–Crippen LogP) is 2.37. The second kappa shape index (κ2) is 7.16. The lowest BCUT2D eigenvalue weighted by atomic mass is 10.0. The van der Waals surface area contributed by atoms with Gasteiger partial charge in [0.2, 0.25) is 0 Å². The number of nitrogens with zero attached hydrogens (tertiary/aromatic N) is 2. The van der Waals surface area contributed by atoms with E-state index >= 15 is 0 Å². The van der Waals surface area contributed by atoms with E-state index in [9.17, 15) is 5.11 Å². The summed E-state index contributed by atoms with van der Waals surface area (Å²) in [6.07, 6.45) is 6.30. The van der Waals surface area contributed by atoms with Crippen molar-refractivity contribution in [1.29, 1.82) is 0 Å². The van der Waals surface area contributed by atoms with E-state index in [1.165, 1.54) is 0 Å². The molecule has 0 amide bonds. The van der Waals surface area contributed by atoms with Crippen LogP contribution in [-0.4, -0.2) is 65.9 Å². The van der Waals surface area contributed by atoms with Crippen molar-refractivity contribution in [2.45, 2.75) is 37.8 Å². The van der Waals surface area contributed by atoms with Crippen LogP contribution >= 0.6 is 19.1 Å². The molecule has 2 rings (SSSR count). The van der Waals surface area contributed by atoms with Crippen LogP contribution in [0.4, 0.5) is 0 Å². The normalized spacial score (nSPS) is 28.3. The fourth-order valence-corrected chi connectivity index (χ4v) is 4.03. The molecule has 2 heterocycles. The number of hydrogen-bond donors (Lipinski definition) is 1. The maximum absolute atomic E-state index is 10.6. The monoisotopic (exact) mass is 358 g/mol. The third kappa shape index (κ3) is 4.31. The summed E-state index contributed by atoms with van der Waals surface area (Å²) in [5, 5.41) is 10.6. The molecule has 0 bridgehead atoms. The first-order valence-corrected chi connectivity index (χ1v) is 11.2. The molecule has 1 saturated heterocycles. The molecular weight excluding hydrogens is 331 g/mol. The third-order valence-electron chi connectivity index (χ3n) is 4.25.